The molecular formula is C10H9N5O2S. The van der Waals surface area contributed by atoms with Crippen molar-refractivity contribution >= 4 is 28.9 Å². The van der Waals surface area contributed by atoms with Crippen molar-refractivity contribution < 1.29 is 9.90 Å². The van der Waals surface area contributed by atoms with Crippen LogP contribution in [0.15, 0.2) is 24.7 Å². The molecule has 0 radical (unpaired) electrons. The lowest BCUT2D eigenvalue weighted by Crippen LogP contribution is -2.17. The number of nitrogens with two attached hydrogens (primary N) is 1. The van der Waals surface area contributed by atoms with E-state index in [4.69, 9.17) is 18.0 Å². The Morgan fingerprint density at radius 2 is 2.22 bits per heavy atom. The molecule has 18 heavy (non-hydrogen) atoms. The van der Waals surface area contributed by atoms with Crippen molar-refractivity contribution in [3.8, 4) is 5.75 Å². The second kappa shape index (κ2) is 4.80. The molecule has 0 bridgehead atoms. The average molecular weight is 263 g/mol. The third-order valence-corrected chi connectivity index (χ3v) is 2.41. The summed E-state index contributed by atoms with van der Waals surface area (Å²) in [5.41, 5.74) is 5.98. The quantitative estimate of drug-likeness (QED) is 0.595. The molecule has 0 fully saturated rings. The maximum absolute atomic E-state index is 11.9. The van der Waals surface area contributed by atoms with Crippen molar-refractivity contribution in [3.63, 3.8) is 0 Å². The first-order valence-electron chi connectivity index (χ1n) is 4.87. The molecule has 0 saturated carbocycles. The van der Waals surface area contributed by atoms with Crippen LogP contribution < -0.4 is 11.1 Å². The maximum atomic E-state index is 11.9. The minimum absolute atomic E-state index is 0.0912. The molecule has 0 unspecified atom stereocenters. The van der Waals surface area contributed by atoms with Crippen LogP contribution in [0.1, 0.15) is 15.9 Å². The number of carbonyl (C=O) groups is 1. The summed E-state index contributed by atoms with van der Waals surface area (Å²) in [6.45, 7) is 0. The van der Waals surface area contributed by atoms with Gasteiger partial charge in [-0.1, -0.05) is 12.2 Å². The van der Waals surface area contributed by atoms with Gasteiger partial charge in [0.05, 0.1) is 23.5 Å². The van der Waals surface area contributed by atoms with Gasteiger partial charge in [-0.15, -0.1) is 0 Å². The topological polar surface area (TPSA) is 117 Å². The van der Waals surface area contributed by atoms with Gasteiger partial charge in [0.1, 0.15) is 16.6 Å². The van der Waals surface area contributed by atoms with Gasteiger partial charge in [-0.3, -0.25) is 14.9 Å². The zero-order chi connectivity index (χ0) is 13.1. The summed E-state index contributed by atoms with van der Waals surface area (Å²) in [4.78, 5) is 15.7. The molecule has 0 spiro atoms. The third-order valence-electron chi connectivity index (χ3n) is 2.19. The molecule has 2 aromatic heterocycles. The number of pyridine rings is 1. The summed E-state index contributed by atoms with van der Waals surface area (Å²) in [7, 11) is 0. The van der Waals surface area contributed by atoms with Gasteiger partial charge in [-0.05, 0) is 6.07 Å². The van der Waals surface area contributed by atoms with Crippen molar-refractivity contribution in [2.75, 3.05) is 5.32 Å². The fourth-order valence-electron chi connectivity index (χ4n) is 1.33. The third kappa shape index (κ3) is 2.28. The van der Waals surface area contributed by atoms with E-state index in [9.17, 15) is 9.90 Å². The van der Waals surface area contributed by atoms with Gasteiger partial charge in [-0.2, -0.15) is 5.10 Å². The van der Waals surface area contributed by atoms with Gasteiger partial charge in [0.25, 0.3) is 5.91 Å². The molecular weight excluding hydrogens is 254 g/mol. The zero-order valence-electron chi connectivity index (χ0n) is 9.04. The van der Waals surface area contributed by atoms with Crippen LogP contribution in [0.25, 0.3) is 0 Å². The molecule has 2 aromatic rings. The number of nitrogens with zero attached hydrogens (tertiary/aromatic N) is 2. The molecule has 0 aromatic carbocycles. The second-order valence-corrected chi connectivity index (χ2v) is 3.81. The van der Waals surface area contributed by atoms with Gasteiger partial charge < -0.3 is 16.2 Å². The van der Waals surface area contributed by atoms with E-state index < -0.39 is 5.91 Å². The standard InChI is InChI=1S/C10H9N5O2S/c11-8(18)6-3-13-15-9(6)14-10(17)5-1-2-12-4-7(5)16/h1-4,16H,(H2,11,18)(H2,13,14,15,17). The minimum atomic E-state index is -0.517. The Hall–Kier alpha value is -2.48. The monoisotopic (exact) mass is 263 g/mol. The molecule has 2 rings (SSSR count). The van der Waals surface area contributed by atoms with E-state index in [1.165, 1.54) is 24.7 Å². The molecule has 8 heteroatoms. The first-order valence-corrected chi connectivity index (χ1v) is 5.28. The number of aromatic hydroxyl groups is 1. The molecule has 0 saturated heterocycles. The number of thiocarbonyl (C=S) groups is 1. The van der Waals surface area contributed by atoms with Crippen molar-refractivity contribution in [2.45, 2.75) is 0 Å². The van der Waals surface area contributed by atoms with Crippen LogP contribution in [0.3, 0.4) is 0 Å². The smallest absolute Gasteiger partial charge is 0.260 e. The normalized spacial score (nSPS) is 10.0. The summed E-state index contributed by atoms with van der Waals surface area (Å²) in [6.07, 6.45) is 3.98. The van der Waals surface area contributed by atoms with Crippen LogP contribution in [0, 0.1) is 0 Å². The van der Waals surface area contributed by atoms with Crippen molar-refractivity contribution in [2.24, 2.45) is 5.73 Å². The Bertz CT molecular complexity index is 610. The summed E-state index contributed by atoms with van der Waals surface area (Å²) >= 11 is 4.81. The highest BCUT2D eigenvalue weighted by Crippen LogP contribution is 2.17. The van der Waals surface area contributed by atoms with Crippen molar-refractivity contribution in [1.82, 2.24) is 15.2 Å². The van der Waals surface area contributed by atoms with E-state index in [0.29, 0.717) is 5.56 Å². The number of aromatic nitrogens is 3. The molecule has 0 atom stereocenters. The number of hydrogen-bond acceptors (Lipinski definition) is 5. The molecule has 2 heterocycles. The number of amides is 1. The highest BCUT2D eigenvalue weighted by molar-refractivity contribution is 7.80. The molecule has 0 aliphatic rings. The molecule has 0 aliphatic carbocycles. The van der Waals surface area contributed by atoms with E-state index >= 15 is 0 Å². The first-order chi connectivity index (χ1) is 8.59. The molecule has 1 amide bonds. The Labute approximate surface area is 107 Å². The number of H-pyrrole nitrogens is 1. The fraction of sp³-hybridized carbons (Fsp3) is 0. The largest absolute Gasteiger partial charge is 0.505 e. The van der Waals surface area contributed by atoms with E-state index in [1.54, 1.807) is 0 Å². The Morgan fingerprint density at radius 3 is 2.89 bits per heavy atom. The number of rotatable bonds is 3. The number of aromatic amines is 1. The highest BCUT2D eigenvalue weighted by atomic mass is 32.1. The first kappa shape index (κ1) is 12.0. The summed E-state index contributed by atoms with van der Waals surface area (Å²) in [5.74, 6) is -0.452. The molecule has 7 nitrogen and oxygen atoms in total. The van der Waals surface area contributed by atoms with E-state index in [1.807, 2.05) is 0 Å². The van der Waals surface area contributed by atoms with Gasteiger partial charge in [0.15, 0.2) is 0 Å². The van der Waals surface area contributed by atoms with E-state index in [-0.39, 0.29) is 22.1 Å². The van der Waals surface area contributed by atoms with Gasteiger partial charge in [0, 0.05) is 6.20 Å². The lowest BCUT2D eigenvalue weighted by molar-refractivity contribution is 0.102. The molecule has 5 N–H and O–H groups in total. The summed E-state index contributed by atoms with van der Waals surface area (Å²) in [5, 5.41) is 18.3. The van der Waals surface area contributed by atoms with Crippen LogP contribution >= 0.6 is 12.2 Å². The van der Waals surface area contributed by atoms with Crippen LogP contribution in [0.5, 0.6) is 5.75 Å². The number of anilines is 1. The Kier molecular flexibility index (Phi) is 3.20. The van der Waals surface area contributed by atoms with Crippen molar-refractivity contribution in [1.29, 1.82) is 0 Å². The van der Waals surface area contributed by atoms with Gasteiger partial charge in [-0.25, -0.2) is 0 Å². The fourth-order valence-corrected chi connectivity index (χ4v) is 1.48. The lowest BCUT2D eigenvalue weighted by atomic mass is 10.2. The lowest BCUT2D eigenvalue weighted by Gasteiger charge is -2.05. The number of hydrogen-bond donors (Lipinski definition) is 4. The van der Waals surface area contributed by atoms with Gasteiger partial charge in [0.2, 0.25) is 0 Å². The summed E-state index contributed by atoms with van der Waals surface area (Å²) in [6, 6.07) is 1.39. The van der Waals surface area contributed by atoms with Crippen LogP contribution in [-0.2, 0) is 0 Å². The van der Waals surface area contributed by atoms with Gasteiger partial charge >= 0.3 is 0 Å². The number of carbonyl (C=O) groups excluding carboxylic acids is 1. The van der Waals surface area contributed by atoms with E-state index in [2.05, 4.69) is 20.5 Å². The van der Waals surface area contributed by atoms with E-state index in [0.717, 1.165) is 0 Å². The van der Waals surface area contributed by atoms with Crippen LogP contribution in [0.4, 0.5) is 5.82 Å². The predicted molar refractivity (Wildman–Crippen MR) is 68.3 cm³/mol. The average Bonchev–Trinajstić information content (AvgIpc) is 2.77. The number of nitrogens with one attached hydrogen (secondary N) is 2. The summed E-state index contributed by atoms with van der Waals surface area (Å²) < 4.78 is 0. The molecule has 0 aliphatic heterocycles. The van der Waals surface area contributed by atoms with Crippen LogP contribution in [0.2, 0.25) is 0 Å². The van der Waals surface area contributed by atoms with Crippen LogP contribution in [-0.4, -0.2) is 31.2 Å². The minimum Gasteiger partial charge on any atom is -0.505 e. The maximum Gasteiger partial charge on any atom is 0.260 e. The Balaban J connectivity index is 2.25. The second-order valence-electron chi connectivity index (χ2n) is 3.37. The SMILES string of the molecule is NC(=S)c1cn[nH]c1NC(=O)c1ccncc1O. The zero-order valence-corrected chi connectivity index (χ0v) is 9.86. The Morgan fingerprint density at radius 1 is 1.44 bits per heavy atom. The van der Waals surface area contributed by atoms with Crippen molar-refractivity contribution in [3.05, 3.63) is 35.8 Å². The highest BCUT2D eigenvalue weighted by Gasteiger charge is 2.15. The predicted octanol–water partition coefficient (Wildman–Crippen LogP) is 0.397. The molecule has 92 valence electrons.